The summed E-state index contributed by atoms with van der Waals surface area (Å²) in [5, 5.41) is 0. The second-order valence-electron chi connectivity index (χ2n) is 5.16. The van der Waals surface area contributed by atoms with Crippen molar-refractivity contribution in [1.82, 2.24) is 0 Å². The third-order valence-corrected chi connectivity index (χ3v) is 3.85. The summed E-state index contributed by atoms with van der Waals surface area (Å²) in [5.41, 5.74) is 0.738. The largest absolute Gasteiger partial charge is 0.493 e. The predicted octanol–water partition coefficient (Wildman–Crippen LogP) is 3.39. The minimum Gasteiger partial charge on any atom is -0.493 e. The second-order valence-corrected chi connectivity index (χ2v) is 5.16. The summed E-state index contributed by atoms with van der Waals surface area (Å²) in [5.74, 6) is 2.13. The monoisotopic (exact) mass is 398 g/mol. The summed E-state index contributed by atoms with van der Waals surface area (Å²) in [4.78, 5) is 13.0. The zero-order valence-electron chi connectivity index (χ0n) is 16.1. The first-order chi connectivity index (χ1) is 12.5. The van der Waals surface area contributed by atoms with E-state index < -0.39 is 0 Å². The number of carbonyl (C=O) groups excluding carboxylic acids is 1. The Morgan fingerprint density at radius 3 is 1.00 bits per heavy atom. The molecule has 0 aliphatic heterocycles. The van der Waals surface area contributed by atoms with Crippen LogP contribution in [0, 0.1) is 0 Å². The molecule has 0 aliphatic carbocycles. The van der Waals surface area contributed by atoms with E-state index in [0.717, 1.165) is 0 Å². The number of benzene rings is 2. The van der Waals surface area contributed by atoms with Crippen LogP contribution < -0.4 is 28.4 Å². The number of hydrogen-bond acceptors (Lipinski definition) is 7. The van der Waals surface area contributed by atoms with Crippen molar-refractivity contribution in [2.75, 3.05) is 42.7 Å². The van der Waals surface area contributed by atoms with Crippen molar-refractivity contribution < 1.29 is 33.2 Å². The molecule has 2 rings (SSSR count). The average molecular weight is 399 g/mol. The number of carbonyl (C=O) groups is 1. The molecule has 0 aliphatic rings. The quantitative estimate of drug-likeness (QED) is 0.631. The molecule has 0 saturated heterocycles. The summed E-state index contributed by atoms with van der Waals surface area (Å²) in [7, 11) is 8.97. The molecule has 0 bridgehead atoms. The van der Waals surface area contributed by atoms with E-state index in [4.69, 9.17) is 28.4 Å². The van der Waals surface area contributed by atoms with Gasteiger partial charge in [0.15, 0.2) is 28.8 Å². The maximum Gasteiger partial charge on any atom is 0.203 e. The molecule has 7 nitrogen and oxygen atoms in total. The molecule has 27 heavy (non-hydrogen) atoms. The maximum absolute atomic E-state index is 13.0. The van der Waals surface area contributed by atoms with E-state index in [1.807, 2.05) is 0 Å². The summed E-state index contributed by atoms with van der Waals surface area (Å²) in [6, 6.07) is 6.36. The van der Waals surface area contributed by atoms with Gasteiger partial charge in [0.05, 0.1) is 42.7 Å². The first kappa shape index (κ1) is 22.2. The molecule has 0 aromatic heterocycles. The van der Waals surface area contributed by atoms with Crippen LogP contribution in [0.4, 0.5) is 0 Å². The lowest BCUT2D eigenvalue weighted by Crippen LogP contribution is -2.06. The molecule has 2 aromatic carbocycles. The summed E-state index contributed by atoms with van der Waals surface area (Å²) in [6.45, 7) is 0. The average Bonchev–Trinajstić information content (AvgIpc) is 2.70. The molecule has 8 heteroatoms. The third-order valence-electron chi connectivity index (χ3n) is 3.85. The van der Waals surface area contributed by atoms with Crippen LogP contribution in [0.5, 0.6) is 34.5 Å². The standard InChI is InChI=1S/C19H22O7.ClH/c1-21-13-7-11(8-14(22-2)18(13)25-5)17(20)12-9-15(23-3)19(26-6)16(10-12)24-4;/h7-10H,1-6H3;1H. The lowest BCUT2D eigenvalue weighted by atomic mass is 10.0. The third kappa shape index (κ3) is 4.31. The fraction of sp³-hybridized carbons (Fsp3) is 0.316. The van der Waals surface area contributed by atoms with Crippen LogP contribution in [0.25, 0.3) is 0 Å². The highest BCUT2D eigenvalue weighted by atomic mass is 35.5. The van der Waals surface area contributed by atoms with E-state index in [0.29, 0.717) is 45.6 Å². The van der Waals surface area contributed by atoms with Gasteiger partial charge in [-0.05, 0) is 24.3 Å². The fourth-order valence-corrected chi connectivity index (χ4v) is 2.59. The summed E-state index contributed by atoms with van der Waals surface area (Å²) < 4.78 is 31.8. The second kappa shape index (κ2) is 9.78. The highest BCUT2D eigenvalue weighted by Gasteiger charge is 2.21. The Bertz CT molecular complexity index is 689. The van der Waals surface area contributed by atoms with Gasteiger partial charge in [0.1, 0.15) is 0 Å². The number of ketones is 1. The van der Waals surface area contributed by atoms with Crippen molar-refractivity contribution in [3.05, 3.63) is 35.4 Å². The Kier molecular flexibility index (Phi) is 8.05. The van der Waals surface area contributed by atoms with Gasteiger partial charge in [-0.1, -0.05) is 0 Å². The minimum absolute atomic E-state index is 0. The molecule has 0 amide bonds. The van der Waals surface area contributed by atoms with Gasteiger partial charge in [-0.2, -0.15) is 0 Å². The molecule has 0 atom stereocenters. The van der Waals surface area contributed by atoms with Crippen LogP contribution in [-0.4, -0.2) is 48.4 Å². The van der Waals surface area contributed by atoms with Crippen LogP contribution in [0.15, 0.2) is 24.3 Å². The van der Waals surface area contributed by atoms with Gasteiger partial charge in [0.25, 0.3) is 0 Å². The predicted molar refractivity (Wildman–Crippen MR) is 103 cm³/mol. The van der Waals surface area contributed by atoms with Gasteiger partial charge in [-0.25, -0.2) is 0 Å². The van der Waals surface area contributed by atoms with Crippen molar-refractivity contribution in [3.8, 4) is 34.5 Å². The van der Waals surface area contributed by atoms with Crippen molar-refractivity contribution in [2.24, 2.45) is 0 Å². The Morgan fingerprint density at radius 2 is 0.815 bits per heavy atom. The molecule has 2 aromatic rings. The first-order valence-corrected chi connectivity index (χ1v) is 7.69. The van der Waals surface area contributed by atoms with Gasteiger partial charge >= 0.3 is 0 Å². The zero-order valence-corrected chi connectivity index (χ0v) is 16.9. The molecule has 148 valence electrons. The van der Waals surface area contributed by atoms with Crippen LogP contribution in [0.3, 0.4) is 0 Å². The normalized spacial score (nSPS) is 9.70. The van der Waals surface area contributed by atoms with Crippen molar-refractivity contribution >= 4 is 18.2 Å². The molecule has 0 N–H and O–H groups in total. The Morgan fingerprint density at radius 1 is 0.556 bits per heavy atom. The lowest BCUT2D eigenvalue weighted by molar-refractivity contribution is 0.103. The van der Waals surface area contributed by atoms with E-state index in [2.05, 4.69) is 0 Å². The molecule has 0 heterocycles. The molecule has 0 saturated carbocycles. The molecule has 0 spiro atoms. The smallest absolute Gasteiger partial charge is 0.203 e. The zero-order chi connectivity index (χ0) is 19.3. The van der Waals surface area contributed by atoms with Gasteiger partial charge in [-0.15, -0.1) is 12.4 Å². The van der Waals surface area contributed by atoms with E-state index >= 15 is 0 Å². The van der Waals surface area contributed by atoms with Crippen molar-refractivity contribution in [3.63, 3.8) is 0 Å². The summed E-state index contributed by atoms with van der Waals surface area (Å²) in [6.07, 6.45) is 0. The SMILES string of the molecule is COc1cc(C(=O)c2cc(OC)c(OC)c(OC)c2)cc(OC)c1OC.Cl. The van der Waals surface area contributed by atoms with Gasteiger partial charge in [0.2, 0.25) is 11.5 Å². The van der Waals surface area contributed by atoms with Gasteiger partial charge < -0.3 is 28.4 Å². The van der Waals surface area contributed by atoms with Crippen LogP contribution in [0.2, 0.25) is 0 Å². The topological polar surface area (TPSA) is 72.5 Å². The van der Waals surface area contributed by atoms with Crippen LogP contribution >= 0.6 is 12.4 Å². The number of halogens is 1. The highest BCUT2D eigenvalue weighted by Crippen LogP contribution is 2.41. The number of ether oxygens (including phenoxy) is 6. The molecular weight excluding hydrogens is 376 g/mol. The number of rotatable bonds is 8. The Labute approximate surface area is 164 Å². The van der Waals surface area contributed by atoms with Crippen LogP contribution in [-0.2, 0) is 0 Å². The van der Waals surface area contributed by atoms with Gasteiger partial charge in [0, 0.05) is 11.1 Å². The minimum atomic E-state index is -0.261. The van der Waals surface area contributed by atoms with E-state index in [1.165, 1.54) is 42.7 Å². The number of methoxy groups -OCH3 is 6. The number of hydrogen-bond donors (Lipinski definition) is 0. The highest BCUT2D eigenvalue weighted by molar-refractivity contribution is 6.10. The van der Waals surface area contributed by atoms with Crippen molar-refractivity contribution in [2.45, 2.75) is 0 Å². The van der Waals surface area contributed by atoms with Gasteiger partial charge in [-0.3, -0.25) is 4.79 Å². The molecule has 0 radical (unpaired) electrons. The Balaban J connectivity index is 0.00000364. The maximum atomic E-state index is 13.0. The lowest BCUT2D eigenvalue weighted by Gasteiger charge is -2.15. The van der Waals surface area contributed by atoms with Crippen LogP contribution in [0.1, 0.15) is 15.9 Å². The van der Waals surface area contributed by atoms with E-state index in [-0.39, 0.29) is 18.2 Å². The molecular formula is C19H23ClO7. The van der Waals surface area contributed by atoms with E-state index in [9.17, 15) is 4.79 Å². The van der Waals surface area contributed by atoms with Crippen molar-refractivity contribution in [1.29, 1.82) is 0 Å². The molecule has 0 unspecified atom stereocenters. The fourth-order valence-electron chi connectivity index (χ4n) is 2.59. The first-order valence-electron chi connectivity index (χ1n) is 7.69. The van der Waals surface area contributed by atoms with E-state index in [1.54, 1.807) is 24.3 Å². The molecule has 0 fully saturated rings. The summed E-state index contributed by atoms with van der Waals surface area (Å²) >= 11 is 0. The Hall–Kier alpha value is -2.80.